The van der Waals surface area contributed by atoms with Crippen molar-refractivity contribution in [1.82, 2.24) is 0 Å². The lowest BCUT2D eigenvalue weighted by molar-refractivity contribution is 0.889. The summed E-state index contributed by atoms with van der Waals surface area (Å²) >= 11 is 10.7. The number of nitrogens with zero attached hydrogens (tertiary/aromatic N) is 2. The molecule has 20 heavy (non-hydrogen) atoms. The van der Waals surface area contributed by atoms with Crippen molar-refractivity contribution in [3.63, 3.8) is 0 Å². The van der Waals surface area contributed by atoms with E-state index in [-0.39, 0.29) is 0 Å². The van der Waals surface area contributed by atoms with Crippen LogP contribution in [0.2, 0.25) is 0 Å². The molecule has 0 bridgehead atoms. The second-order valence-electron chi connectivity index (χ2n) is 4.46. The van der Waals surface area contributed by atoms with Crippen LogP contribution in [0.25, 0.3) is 0 Å². The average Bonchev–Trinajstić information content (AvgIpc) is 2.50. The Hall–Kier alpha value is -1.04. The molecule has 0 saturated carbocycles. The Kier molecular flexibility index (Phi) is 4.29. The van der Waals surface area contributed by atoms with Crippen molar-refractivity contribution >= 4 is 55.6 Å². The van der Waals surface area contributed by atoms with Crippen LogP contribution in [0.15, 0.2) is 59.1 Å². The molecule has 102 valence electrons. The maximum absolute atomic E-state index is 5.50. The molecule has 2 nitrogen and oxygen atoms in total. The number of anilines is 2. The van der Waals surface area contributed by atoms with Gasteiger partial charge in [-0.05, 0) is 36.4 Å². The summed E-state index contributed by atoms with van der Waals surface area (Å²) in [7, 11) is 0. The summed E-state index contributed by atoms with van der Waals surface area (Å²) in [6.07, 6.45) is 0. The van der Waals surface area contributed by atoms with Crippen molar-refractivity contribution < 1.29 is 0 Å². The Morgan fingerprint density at radius 1 is 0.950 bits per heavy atom. The highest BCUT2D eigenvalue weighted by Gasteiger charge is 2.22. The zero-order valence-electron chi connectivity index (χ0n) is 10.7. The molecule has 0 aliphatic carbocycles. The molecular weight excluding hydrogens is 352 g/mol. The molecule has 3 rings (SSSR count). The van der Waals surface area contributed by atoms with Crippen LogP contribution in [0.5, 0.6) is 0 Å². The number of halogens is 1. The minimum atomic E-state index is 0.789. The van der Waals surface area contributed by atoms with Gasteiger partial charge in [-0.1, -0.05) is 58.1 Å². The summed E-state index contributed by atoms with van der Waals surface area (Å²) in [6.45, 7) is 0.789. The number of benzene rings is 2. The molecule has 5 heteroatoms. The maximum atomic E-state index is 5.50. The van der Waals surface area contributed by atoms with Gasteiger partial charge < -0.3 is 9.80 Å². The van der Waals surface area contributed by atoms with E-state index in [1.807, 2.05) is 18.2 Å². The summed E-state index contributed by atoms with van der Waals surface area (Å²) in [5.74, 6) is 0.899. The fraction of sp³-hybridized carbons (Fsp3) is 0.133. The van der Waals surface area contributed by atoms with E-state index in [1.54, 1.807) is 11.8 Å². The fourth-order valence-corrected chi connectivity index (χ4v) is 3.48. The Labute approximate surface area is 136 Å². The lowest BCUT2D eigenvalue weighted by Crippen LogP contribution is -2.45. The van der Waals surface area contributed by atoms with Crippen LogP contribution in [-0.4, -0.2) is 16.9 Å². The van der Waals surface area contributed by atoms with Gasteiger partial charge in [-0.25, -0.2) is 0 Å². The predicted molar refractivity (Wildman–Crippen MR) is 95.5 cm³/mol. The van der Waals surface area contributed by atoms with E-state index in [2.05, 4.69) is 62.1 Å². The number of para-hydroxylation sites is 1. The summed E-state index contributed by atoms with van der Waals surface area (Å²) in [5, 5.41) is 0. The highest BCUT2D eigenvalue weighted by Crippen LogP contribution is 2.29. The molecule has 0 amide bonds. The van der Waals surface area contributed by atoms with Gasteiger partial charge in [0.1, 0.15) is 4.32 Å². The average molecular weight is 365 g/mol. The van der Waals surface area contributed by atoms with Crippen LogP contribution in [0.3, 0.4) is 0 Å². The Morgan fingerprint density at radius 3 is 2.35 bits per heavy atom. The summed E-state index contributed by atoms with van der Waals surface area (Å²) in [4.78, 5) is 4.49. The molecule has 1 fully saturated rings. The highest BCUT2D eigenvalue weighted by atomic mass is 79.9. The van der Waals surface area contributed by atoms with Gasteiger partial charge in [-0.3, -0.25) is 0 Å². The smallest absolute Gasteiger partial charge is 0.144 e. The van der Waals surface area contributed by atoms with E-state index in [4.69, 9.17) is 12.2 Å². The van der Waals surface area contributed by atoms with Crippen molar-refractivity contribution in [3.8, 4) is 0 Å². The standard InChI is InChI=1S/C15H13BrN2S2/c16-12-6-8-14(9-7-12)18-10-17(11-20-15(18)19)13-4-2-1-3-5-13/h1-9H,10-11H2. The molecule has 1 aliphatic heterocycles. The van der Waals surface area contributed by atoms with Gasteiger partial charge in [0.2, 0.25) is 0 Å². The molecule has 0 aromatic heterocycles. The first-order valence-electron chi connectivity index (χ1n) is 6.24. The van der Waals surface area contributed by atoms with E-state index in [1.165, 1.54) is 5.69 Å². The van der Waals surface area contributed by atoms with Crippen LogP contribution in [0.1, 0.15) is 0 Å². The van der Waals surface area contributed by atoms with Crippen LogP contribution in [0, 0.1) is 0 Å². The third-order valence-electron chi connectivity index (χ3n) is 3.14. The Morgan fingerprint density at radius 2 is 1.65 bits per heavy atom. The van der Waals surface area contributed by atoms with Crippen molar-refractivity contribution in [3.05, 3.63) is 59.1 Å². The normalized spacial score (nSPS) is 15.6. The lowest BCUT2D eigenvalue weighted by atomic mass is 10.3. The third-order valence-corrected chi connectivity index (χ3v) is 5.15. The first-order chi connectivity index (χ1) is 9.74. The molecule has 0 atom stereocenters. The van der Waals surface area contributed by atoms with Crippen LogP contribution >= 0.6 is 39.9 Å². The van der Waals surface area contributed by atoms with Crippen molar-refractivity contribution in [2.45, 2.75) is 0 Å². The van der Waals surface area contributed by atoms with Gasteiger partial charge in [0, 0.05) is 15.8 Å². The molecule has 0 unspecified atom stereocenters. The van der Waals surface area contributed by atoms with E-state index in [0.717, 1.165) is 27.0 Å². The minimum Gasteiger partial charge on any atom is -0.344 e. The van der Waals surface area contributed by atoms with Crippen LogP contribution < -0.4 is 9.80 Å². The van der Waals surface area contributed by atoms with Gasteiger partial charge in [-0.2, -0.15) is 0 Å². The molecule has 1 heterocycles. The first-order valence-corrected chi connectivity index (χ1v) is 8.42. The number of thiocarbonyl (C=S) groups is 1. The number of hydrogen-bond donors (Lipinski definition) is 0. The highest BCUT2D eigenvalue weighted by molar-refractivity contribution is 9.10. The number of thioether (sulfide) groups is 1. The first kappa shape index (κ1) is 13.9. The minimum absolute atomic E-state index is 0.789. The van der Waals surface area contributed by atoms with Crippen molar-refractivity contribution in [1.29, 1.82) is 0 Å². The van der Waals surface area contributed by atoms with Crippen LogP contribution in [0.4, 0.5) is 11.4 Å². The SMILES string of the molecule is S=C1SCN(c2ccccc2)CN1c1ccc(Br)cc1. The predicted octanol–water partition coefficient (Wildman–Crippen LogP) is 4.71. The van der Waals surface area contributed by atoms with Gasteiger partial charge in [0.05, 0.1) is 12.5 Å². The molecule has 2 aromatic carbocycles. The Balaban J connectivity index is 1.83. The molecule has 2 aromatic rings. The zero-order chi connectivity index (χ0) is 13.9. The molecule has 0 N–H and O–H groups in total. The zero-order valence-corrected chi connectivity index (χ0v) is 13.9. The number of rotatable bonds is 2. The molecule has 0 spiro atoms. The van der Waals surface area contributed by atoms with E-state index < -0.39 is 0 Å². The number of hydrogen-bond acceptors (Lipinski definition) is 3. The van der Waals surface area contributed by atoms with Crippen molar-refractivity contribution in [2.24, 2.45) is 0 Å². The summed E-state index contributed by atoms with van der Waals surface area (Å²) in [5.41, 5.74) is 2.36. The maximum Gasteiger partial charge on any atom is 0.144 e. The third kappa shape index (κ3) is 3.00. The van der Waals surface area contributed by atoms with E-state index >= 15 is 0 Å². The molecule has 1 saturated heterocycles. The van der Waals surface area contributed by atoms with E-state index in [9.17, 15) is 0 Å². The molecule has 0 radical (unpaired) electrons. The van der Waals surface area contributed by atoms with Gasteiger partial charge in [0.15, 0.2) is 0 Å². The lowest BCUT2D eigenvalue weighted by Gasteiger charge is -2.37. The quantitative estimate of drug-likeness (QED) is 0.711. The second kappa shape index (κ2) is 6.16. The van der Waals surface area contributed by atoms with Crippen LogP contribution in [-0.2, 0) is 0 Å². The topological polar surface area (TPSA) is 6.48 Å². The summed E-state index contributed by atoms with van der Waals surface area (Å²) < 4.78 is 2.01. The van der Waals surface area contributed by atoms with Gasteiger partial charge in [-0.15, -0.1) is 0 Å². The van der Waals surface area contributed by atoms with Gasteiger partial charge in [0.25, 0.3) is 0 Å². The van der Waals surface area contributed by atoms with E-state index in [0.29, 0.717) is 0 Å². The Bertz CT molecular complexity index is 601. The van der Waals surface area contributed by atoms with Gasteiger partial charge >= 0.3 is 0 Å². The second-order valence-corrected chi connectivity index (χ2v) is 6.95. The monoisotopic (exact) mass is 364 g/mol. The molecular formula is C15H13BrN2S2. The largest absolute Gasteiger partial charge is 0.344 e. The molecule has 1 aliphatic rings. The van der Waals surface area contributed by atoms with Crippen molar-refractivity contribution in [2.75, 3.05) is 22.3 Å². The fourth-order valence-electron chi connectivity index (χ4n) is 2.08. The summed E-state index contributed by atoms with van der Waals surface area (Å²) in [6, 6.07) is 18.7.